The molecule has 0 amide bonds. The first-order valence-electron chi connectivity index (χ1n) is 11.7. The molecule has 9 nitrogen and oxygen atoms in total. The van der Waals surface area contributed by atoms with Crippen molar-refractivity contribution < 1.29 is 13.9 Å². The van der Waals surface area contributed by atoms with E-state index in [1.165, 1.54) is 12.5 Å². The minimum atomic E-state index is -0.344. The molecule has 1 aliphatic heterocycles. The zero-order valence-corrected chi connectivity index (χ0v) is 18.7. The Hall–Kier alpha value is -3.53. The number of benzene rings is 1. The Bertz CT molecular complexity index is 1300. The van der Waals surface area contributed by atoms with Crippen molar-refractivity contribution in [1.82, 2.24) is 24.9 Å². The number of aromatic nitrogens is 5. The van der Waals surface area contributed by atoms with Gasteiger partial charge in [0.25, 0.3) is 0 Å². The number of nitrogens with zero attached hydrogens (tertiary/aromatic N) is 5. The lowest BCUT2D eigenvalue weighted by molar-refractivity contribution is 0.122. The van der Waals surface area contributed by atoms with Crippen LogP contribution >= 0.6 is 0 Å². The van der Waals surface area contributed by atoms with Gasteiger partial charge in [-0.25, -0.2) is 19.3 Å². The normalized spacial score (nSPS) is 21.1. The smallest absolute Gasteiger partial charge is 0.153 e. The second-order valence-electron chi connectivity index (χ2n) is 8.79. The molecule has 1 saturated carbocycles. The zero-order chi connectivity index (χ0) is 22.9. The molecule has 2 fully saturated rings. The molecule has 6 rings (SSSR count). The van der Waals surface area contributed by atoms with E-state index in [4.69, 9.17) is 9.47 Å². The summed E-state index contributed by atoms with van der Waals surface area (Å²) in [5.74, 6) is 0.964. The van der Waals surface area contributed by atoms with Crippen molar-refractivity contribution in [3.05, 3.63) is 42.9 Å². The molecular weight excluding hydrogens is 437 g/mol. The monoisotopic (exact) mass is 463 g/mol. The zero-order valence-electron chi connectivity index (χ0n) is 18.7. The van der Waals surface area contributed by atoms with E-state index >= 15 is 0 Å². The molecule has 34 heavy (non-hydrogen) atoms. The third-order valence-electron chi connectivity index (χ3n) is 6.63. The lowest BCUT2D eigenvalue weighted by Gasteiger charge is -2.31. The Labute approximate surface area is 195 Å². The fraction of sp³-hybridized carbons (Fsp3) is 0.417. The van der Waals surface area contributed by atoms with E-state index in [9.17, 15) is 4.39 Å². The van der Waals surface area contributed by atoms with Gasteiger partial charge < -0.3 is 24.7 Å². The number of fused-ring (bicyclic) bond motifs is 2. The molecule has 1 aromatic carbocycles. The second kappa shape index (κ2) is 9.02. The standard InChI is InChI=1S/C24H26FN7O2/c25-18-13-28-23-21(18)24(30-14-29-23)31-15-1-3-17(4-2-15)34-20-12-16(32-7-9-33-10-8-32)11-19-22(20)27-6-5-26-19/h5-6,11-15,17H,1-4,7-10H2,(H2,28,29,30,31). The van der Waals surface area contributed by atoms with Crippen LogP contribution in [-0.4, -0.2) is 63.4 Å². The number of hydrogen-bond acceptors (Lipinski definition) is 8. The van der Waals surface area contributed by atoms with Crippen LogP contribution in [0, 0.1) is 5.82 Å². The van der Waals surface area contributed by atoms with E-state index in [1.54, 1.807) is 12.4 Å². The van der Waals surface area contributed by atoms with Crippen LogP contribution in [0.2, 0.25) is 0 Å². The van der Waals surface area contributed by atoms with E-state index in [1.807, 2.05) is 0 Å². The predicted molar refractivity (Wildman–Crippen MR) is 127 cm³/mol. The molecular formula is C24H26FN7O2. The third-order valence-corrected chi connectivity index (χ3v) is 6.63. The molecule has 2 N–H and O–H groups in total. The molecule has 2 aliphatic rings. The number of hydrogen-bond donors (Lipinski definition) is 2. The molecule has 1 saturated heterocycles. The van der Waals surface area contributed by atoms with E-state index in [0.29, 0.717) is 16.9 Å². The van der Waals surface area contributed by atoms with Crippen LogP contribution in [0.25, 0.3) is 22.1 Å². The number of H-pyrrole nitrogens is 1. The maximum Gasteiger partial charge on any atom is 0.153 e. The van der Waals surface area contributed by atoms with Crippen LogP contribution in [0.3, 0.4) is 0 Å². The number of aromatic amines is 1. The largest absolute Gasteiger partial charge is 0.488 e. The van der Waals surface area contributed by atoms with Gasteiger partial charge in [0.05, 0.1) is 30.2 Å². The summed E-state index contributed by atoms with van der Waals surface area (Å²) in [6.07, 6.45) is 9.81. The lowest BCUT2D eigenvalue weighted by Crippen LogP contribution is -2.36. The summed E-state index contributed by atoms with van der Waals surface area (Å²) in [5, 5.41) is 3.82. The Kier molecular flexibility index (Phi) is 5.58. The van der Waals surface area contributed by atoms with Crippen molar-refractivity contribution in [2.45, 2.75) is 37.8 Å². The quantitative estimate of drug-likeness (QED) is 0.462. The van der Waals surface area contributed by atoms with E-state index in [0.717, 1.165) is 74.5 Å². The van der Waals surface area contributed by atoms with Crippen molar-refractivity contribution in [2.75, 3.05) is 36.5 Å². The summed E-state index contributed by atoms with van der Waals surface area (Å²) >= 11 is 0. The predicted octanol–water partition coefficient (Wildman–Crippen LogP) is 3.68. The van der Waals surface area contributed by atoms with Crippen LogP contribution in [-0.2, 0) is 4.74 Å². The highest BCUT2D eigenvalue weighted by Gasteiger charge is 2.25. The first-order valence-corrected chi connectivity index (χ1v) is 11.7. The molecule has 10 heteroatoms. The summed E-state index contributed by atoms with van der Waals surface area (Å²) in [7, 11) is 0. The molecule has 176 valence electrons. The van der Waals surface area contributed by atoms with Crippen LogP contribution in [0.1, 0.15) is 25.7 Å². The average Bonchev–Trinajstić information content (AvgIpc) is 3.27. The first kappa shape index (κ1) is 21.0. The Morgan fingerprint density at radius 1 is 1.03 bits per heavy atom. The van der Waals surface area contributed by atoms with Crippen molar-refractivity contribution in [1.29, 1.82) is 0 Å². The number of nitrogens with one attached hydrogen (secondary N) is 2. The second-order valence-corrected chi connectivity index (χ2v) is 8.79. The van der Waals surface area contributed by atoms with Crippen LogP contribution in [0.4, 0.5) is 15.9 Å². The van der Waals surface area contributed by atoms with Crippen molar-refractivity contribution in [2.24, 2.45) is 0 Å². The molecule has 0 spiro atoms. The van der Waals surface area contributed by atoms with Gasteiger partial charge >= 0.3 is 0 Å². The van der Waals surface area contributed by atoms with E-state index < -0.39 is 0 Å². The minimum Gasteiger partial charge on any atom is -0.488 e. The molecule has 0 unspecified atom stereocenters. The number of anilines is 2. The SMILES string of the molecule is Fc1c[nH]c2ncnc(NC3CCC(Oc4cc(N5CCOCC5)cc5nccnc45)CC3)c12. The Balaban J connectivity index is 1.16. The number of ether oxygens (including phenoxy) is 2. The van der Waals surface area contributed by atoms with Crippen LogP contribution < -0.4 is 15.0 Å². The highest BCUT2D eigenvalue weighted by Crippen LogP contribution is 2.33. The van der Waals surface area contributed by atoms with Gasteiger partial charge in [-0.3, -0.25) is 4.98 Å². The molecule has 0 bridgehead atoms. The summed E-state index contributed by atoms with van der Waals surface area (Å²) in [4.78, 5) is 22.6. The van der Waals surface area contributed by atoms with Crippen molar-refractivity contribution in [3.63, 3.8) is 0 Å². The molecule has 3 aromatic heterocycles. The Morgan fingerprint density at radius 2 is 1.85 bits per heavy atom. The lowest BCUT2D eigenvalue weighted by atomic mass is 9.93. The topological polar surface area (TPSA) is 101 Å². The minimum absolute atomic E-state index is 0.0811. The van der Waals surface area contributed by atoms with Gasteiger partial charge in [0.2, 0.25) is 0 Å². The van der Waals surface area contributed by atoms with Gasteiger partial charge in [0, 0.05) is 49.5 Å². The summed E-state index contributed by atoms with van der Waals surface area (Å²) in [6, 6.07) is 4.35. The maximum absolute atomic E-state index is 14.2. The molecule has 4 aromatic rings. The molecule has 1 aliphatic carbocycles. The number of halogens is 1. The van der Waals surface area contributed by atoms with Crippen molar-refractivity contribution >= 4 is 33.6 Å². The van der Waals surface area contributed by atoms with Gasteiger partial charge in [-0.2, -0.15) is 0 Å². The summed E-state index contributed by atoms with van der Waals surface area (Å²) in [5.41, 5.74) is 3.20. The fourth-order valence-electron chi connectivity index (χ4n) is 4.86. The Morgan fingerprint density at radius 3 is 2.71 bits per heavy atom. The maximum atomic E-state index is 14.2. The first-order chi connectivity index (χ1) is 16.7. The highest BCUT2D eigenvalue weighted by molar-refractivity contribution is 5.87. The van der Waals surface area contributed by atoms with Gasteiger partial charge in [0.1, 0.15) is 29.1 Å². The summed E-state index contributed by atoms with van der Waals surface area (Å²) in [6.45, 7) is 3.13. The van der Waals surface area contributed by atoms with Crippen LogP contribution in [0.15, 0.2) is 37.1 Å². The third kappa shape index (κ3) is 4.09. The van der Waals surface area contributed by atoms with E-state index in [2.05, 4.69) is 47.3 Å². The van der Waals surface area contributed by atoms with Gasteiger partial charge in [0.15, 0.2) is 5.82 Å². The number of rotatable bonds is 5. The molecule has 0 atom stereocenters. The summed E-state index contributed by atoms with van der Waals surface area (Å²) < 4.78 is 26.2. The van der Waals surface area contributed by atoms with Gasteiger partial charge in [-0.1, -0.05) is 0 Å². The van der Waals surface area contributed by atoms with Gasteiger partial charge in [-0.05, 0) is 31.7 Å². The van der Waals surface area contributed by atoms with Crippen LogP contribution in [0.5, 0.6) is 5.75 Å². The van der Waals surface area contributed by atoms with Gasteiger partial charge in [-0.15, -0.1) is 0 Å². The fourth-order valence-corrected chi connectivity index (χ4v) is 4.86. The highest BCUT2D eigenvalue weighted by atomic mass is 19.1. The molecule has 4 heterocycles. The molecule has 0 radical (unpaired) electrons. The number of morpholine rings is 1. The van der Waals surface area contributed by atoms with E-state index in [-0.39, 0.29) is 18.0 Å². The average molecular weight is 464 g/mol. The van der Waals surface area contributed by atoms with Crippen molar-refractivity contribution in [3.8, 4) is 5.75 Å².